The number of amides is 1. The smallest absolute Gasteiger partial charge is 0.262 e. The van der Waals surface area contributed by atoms with E-state index in [1.54, 1.807) is 25.3 Å². The number of hydrogen-bond acceptors (Lipinski definition) is 6. The van der Waals surface area contributed by atoms with Crippen molar-refractivity contribution >= 4 is 21.6 Å². The highest BCUT2D eigenvalue weighted by atomic mass is 32.2. The minimum Gasteiger partial charge on any atom is -0.493 e. The normalized spacial score (nSPS) is 14.5. The van der Waals surface area contributed by atoms with Gasteiger partial charge in [-0.15, -0.1) is 0 Å². The molecule has 4 aromatic rings. The van der Waals surface area contributed by atoms with E-state index in [1.807, 2.05) is 55.5 Å². The zero-order valence-corrected chi connectivity index (χ0v) is 24.6. The molecule has 0 saturated carbocycles. The van der Waals surface area contributed by atoms with Crippen LogP contribution in [0.1, 0.15) is 22.7 Å². The molecule has 0 bridgehead atoms. The summed E-state index contributed by atoms with van der Waals surface area (Å²) in [6.07, 6.45) is 0. The molecule has 218 valence electrons. The molecular formula is C33H35N3O5S. The number of piperazine rings is 1. The Labute approximate surface area is 247 Å². The van der Waals surface area contributed by atoms with Crippen molar-refractivity contribution < 1.29 is 22.7 Å². The number of benzene rings is 4. The Bertz CT molecular complexity index is 1550. The number of carbonyl (C=O) groups is 1. The molecule has 1 heterocycles. The topological polar surface area (TPSA) is 88.2 Å². The van der Waals surface area contributed by atoms with Crippen molar-refractivity contribution in [1.82, 2.24) is 9.21 Å². The average Bonchev–Trinajstić information content (AvgIpc) is 3.02. The molecule has 4 aromatic carbocycles. The molecule has 0 unspecified atom stereocenters. The number of nitrogens with zero attached hydrogens (tertiary/aromatic N) is 2. The van der Waals surface area contributed by atoms with Crippen LogP contribution in [0.2, 0.25) is 0 Å². The predicted octanol–water partition coefficient (Wildman–Crippen LogP) is 5.12. The number of sulfonamides is 1. The molecular weight excluding hydrogens is 550 g/mol. The molecule has 0 spiro atoms. The molecule has 0 aromatic heterocycles. The SMILES string of the molecule is COc1cc(C)ccc1OCC(=O)Nc1ccc(S(=O)(=O)N2CCN(C(c3ccccc3)c3ccccc3)CC2)cc1. The third kappa shape index (κ3) is 6.82. The second kappa shape index (κ2) is 13.2. The Kier molecular flexibility index (Phi) is 9.22. The Hall–Kier alpha value is -4.18. The monoisotopic (exact) mass is 585 g/mol. The average molecular weight is 586 g/mol. The fraction of sp³-hybridized carbons (Fsp3) is 0.242. The van der Waals surface area contributed by atoms with E-state index in [-0.39, 0.29) is 23.5 Å². The maximum absolute atomic E-state index is 13.5. The number of ether oxygens (including phenoxy) is 2. The van der Waals surface area contributed by atoms with Crippen molar-refractivity contribution in [3.8, 4) is 11.5 Å². The van der Waals surface area contributed by atoms with Crippen molar-refractivity contribution in [3.05, 3.63) is 120 Å². The van der Waals surface area contributed by atoms with E-state index in [2.05, 4.69) is 34.5 Å². The summed E-state index contributed by atoms with van der Waals surface area (Å²) < 4.78 is 39.4. The number of anilines is 1. The Morgan fingerprint density at radius 1 is 0.810 bits per heavy atom. The number of carbonyl (C=O) groups excluding carboxylic acids is 1. The number of aryl methyl sites for hydroxylation is 1. The summed E-state index contributed by atoms with van der Waals surface area (Å²) in [4.78, 5) is 15.0. The molecule has 5 rings (SSSR count). The highest BCUT2D eigenvalue weighted by Crippen LogP contribution is 2.31. The number of rotatable bonds is 10. The van der Waals surface area contributed by atoms with Gasteiger partial charge in [-0.3, -0.25) is 9.69 Å². The summed E-state index contributed by atoms with van der Waals surface area (Å²) in [5, 5.41) is 2.75. The van der Waals surface area contributed by atoms with Gasteiger partial charge in [0.05, 0.1) is 18.0 Å². The van der Waals surface area contributed by atoms with Crippen molar-refractivity contribution in [2.45, 2.75) is 17.9 Å². The van der Waals surface area contributed by atoms with Crippen LogP contribution in [-0.2, 0) is 14.8 Å². The third-order valence-electron chi connectivity index (χ3n) is 7.32. The minimum atomic E-state index is -3.69. The first-order valence-corrected chi connectivity index (χ1v) is 15.3. The summed E-state index contributed by atoms with van der Waals surface area (Å²) in [7, 11) is -2.14. The molecule has 0 atom stereocenters. The van der Waals surface area contributed by atoms with Gasteiger partial charge in [-0.2, -0.15) is 4.31 Å². The lowest BCUT2D eigenvalue weighted by Gasteiger charge is -2.39. The lowest BCUT2D eigenvalue weighted by atomic mass is 9.96. The Morgan fingerprint density at radius 2 is 1.40 bits per heavy atom. The van der Waals surface area contributed by atoms with Crippen LogP contribution in [0.4, 0.5) is 5.69 Å². The van der Waals surface area contributed by atoms with Gasteiger partial charge in [0.2, 0.25) is 10.0 Å². The zero-order valence-electron chi connectivity index (χ0n) is 23.8. The van der Waals surface area contributed by atoms with E-state index in [0.29, 0.717) is 43.4 Å². The summed E-state index contributed by atoms with van der Waals surface area (Å²) in [5.74, 6) is 0.656. The number of hydrogen-bond donors (Lipinski definition) is 1. The quantitative estimate of drug-likeness (QED) is 0.278. The number of nitrogens with one attached hydrogen (secondary N) is 1. The molecule has 1 aliphatic heterocycles. The van der Waals surface area contributed by atoms with Crippen LogP contribution in [0.5, 0.6) is 11.5 Å². The molecule has 1 fully saturated rings. The summed E-state index contributed by atoms with van der Waals surface area (Å²) in [6.45, 7) is 3.71. The first-order chi connectivity index (χ1) is 20.3. The van der Waals surface area contributed by atoms with Gasteiger partial charge in [0.1, 0.15) is 0 Å². The lowest BCUT2D eigenvalue weighted by Crippen LogP contribution is -2.49. The van der Waals surface area contributed by atoms with E-state index >= 15 is 0 Å². The third-order valence-corrected chi connectivity index (χ3v) is 9.24. The van der Waals surface area contributed by atoms with Gasteiger partial charge >= 0.3 is 0 Å². The van der Waals surface area contributed by atoms with Crippen LogP contribution in [-0.4, -0.2) is 63.4 Å². The van der Waals surface area contributed by atoms with Gasteiger partial charge < -0.3 is 14.8 Å². The highest BCUT2D eigenvalue weighted by Gasteiger charge is 2.32. The molecule has 1 amide bonds. The highest BCUT2D eigenvalue weighted by molar-refractivity contribution is 7.89. The van der Waals surface area contributed by atoms with E-state index in [4.69, 9.17) is 9.47 Å². The maximum atomic E-state index is 13.5. The Morgan fingerprint density at radius 3 is 1.98 bits per heavy atom. The molecule has 0 aliphatic carbocycles. The van der Waals surface area contributed by atoms with Gasteiger partial charge in [0.25, 0.3) is 5.91 Å². The van der Waals surface area contributed by atoms with Gasteiger partial charge in [-0.05, 0) is 60.0 Å². The first-order valence-electron chi connectivity index (χ1n) is 13.9. The van der Waals surface area contributed by atoms with Crippen molar-refractivity contribution in [2.24, 2.45) is 0 Å². The predicted molar refractivity (Wildman–Crippen MR) is 163 cm³/mol. The van der Waals surface area contributed by atoms with Crippen LogP contribution in [0.3, 0.4) is 0 Å². The largest absolute Gasteiger partial charge is 0.493 e. The van der Waals surface area contributed by atoms with Crippen molar-refractivity contribution in [2.75, 3.05) is 45.2 Å². The fourth-order valence-electron chi connectivity index (χ4n) is 5.18. The molecule has 0 radical (unpaired) electrons. The molecule has 9 heteroatoms. The van der Waals surface area contributed by atoms with Crippen LogP contribution in [0.25, 0.3) is 0 Å². The van der Waals surface area contributed by atoms with Gasteiger partial charge in [0.15, 0.2) is 18.1 Å². The minimum absolute atomic E-state index is 0.0521. The summed E-state index contributed by atoms with van der Waals surface area (Å²) >= 11 is 0. The molecule has 1 aliphatic rings. The lowest BCUT2D eigenvalue weighted by molar-refractivity contribution is -0.118. The molecule has 1 N–H and O–H groups in total. The second-order valence-corrected chi connectivity index (χ2v) is 12.1. The van der Waals surface area contributed by atoms with E-state index in [1.165, 1.54) is 27.6 Å². The molecule has 42 heavy (non-hydrogen) atoms. The first kappa shape index (κ1) is 29.3. The van der Waals surface area contributed by atoms with E-state index < -0.39 is 10.0 Å². The van der Waals surface area contributed by atoms with E-state index in [9.17, 15) is 13.2 Å². The number of methoxy groups -OCH3 is 1. The van der Waals surface area contributed by atoms with Crippen LogP contribution < -0.4 is 14.8 Å². The maximum Gasteiger partial charge on any atom is 0.262 e. The van der Waals surface area contributed by atoms with E-state index in [0.717, 1.165) is 5.56 Å². The van der Waals surface area contributed by atoms with Crippen LogP contribution in [0, 0.1) is 6.92 Å². The Balaban J connectivity index is 1.19. The standard InChI is InChI=1S/C33H35N3O5S/c1-25-13-18-30(31(23-25)40-2)41-24-32(37)34-28-14-16-29(17-15-28)42(38,39)36-21-19-35(20-22-36)33(26-9-5-3-6-10-26)27-11-7-4-8-12-27/h3-18,23,33H,19-22,24H2,1-2H3,(H,34,37). The molecule has 8 nitrogen and oxygen atoms in total. The zero-order chi connectivity index (χ0) is 29.5. The summed E-state index contributed by atoms with van der Waals surface area (Å²) in [6, 6.07) is 32.4. The van der Waals surface area contributed by atoms with Crippen LogP contribution in [0.15, 0.2) is 108 Å². The van der Waals surface area contributed by atoms with Gasteiger partial charge in [-0.25, -0.2) is 8.42 Å². The van der Waals surface area contributed by atoms with Crippen LogP contribution >= 0.6 is 0 Å². The fourth-order valence-corrected chi connectivity index (χ4v) is 6.60. The second-order valence-electron chi connectivity index (χ2n) is 10.2. The van der Waals surface area contributed by atoms with Crippen molar-refractivity contribution in [1.29, 1.82) is 0 Å². The van der Waals surface area contributed by atoms with Gasteiger partial charge in [0, 0.05) is 31.9 Å². The summed E-state index contributed by atoms with van der Waals surface area (Å²) in [5.41, 5.74) is 3.86. The van der Waals surface area contributed by atoms with Crippen molar-refractivity contribution in [3.63, 3.8) is 0 Å². The molecule has 1 saturated heterocycles. The van der Waals surface area contributed by atoms with Gasteiger partial charge in [-0.1, -0.05) is 66.7 Å².